The standard InChI is InChI=1S/C19H33N5O9/c1-8(2)14(21)18(31)23-10(4-6-12(20)26)16(29)22-11(5-7-13(27)28)17(30)24-15(9(3)25)19(32)33/h8-11,14-15,25H,4-7,21H2,1-3H3,(H2,20,26)(H,22,29)(H,23,31)(H,24,30)(H,27,28)(H,32,33). The molecule has 5 atom stereocenters. The number of amides is 4. The summed E-state index contributed by atoms with van der Waals surface area (Å²) in [6, 6.07) is -5.53. The molecule has 0 saturated heterocycles. The number of nitrogens with two attached hydrogens (primary N) is 2. The number of carbonyl (C=O) groups is 6. The first kappa shape index (κ1) is 29.7. The maximum absolute atomic E-state index is 12.8. The highest BCUT2D eigenvalue weighted by molar-refractivity contribution is 5.94. The van der Waals surface area contributed by atoms with Gasteiger partial charge in [0.05, 0.1) is 12.1 Å². The van der Waals surface area contributed by atoms with Gasteiger partial charge >= 0.3 is 11.9 Å². The number of aliphatic hydroxyl groups excluding tert-OH is 1. The van der Waals surface area contributed by atoms with E-state index in [1.165, 1.54) is 0 Å². The molecule has 14 nitrogen and oxygen atoms in total. The van der Waals surface area contributed by atoms with E-state index in [2.05, 4.69) is 10.6 Å². The van der Waals surface area contributed by atoms with Crippen molar-refractivity contribution in [3.8, 4) is 0 Å². The third kappa shape index (κ3) is 11.2. The first-order valence-electron chi connectivity index (χ1n) is 10.2. The molecule has 0 spiro atoms. The van der Waals surface area contributed by atoms with Crippen molar-refractivity contribution < 1.29 is 44.1 Å². The lowest BCUT2D eigenvalue weighted by atomic mass is 10.0. The van der Waals surface area contributed by atoms with Crippen LogP contribution in [0, 0.1) is 5.92 Å². The number of primary amides is 1. The molecule has 0 radical (unpaired) electrons. The van der Waals surface area contributed by atoms with Crippen LogP contribution in [0.1, 0.15) is 46.5 Å². The molecule has 4 amide bonds. The van der Waals surface area contributed by atoms with Crippen LogP contribution < -0.4 is 27.4 Å². The van der Waals surface area contributed by atoms with Gasteiger partial charge in [-0.25, -0.2) is 4.79 Å². The molecular weight excluding hydrogens is 442 g/mol. The zero-order valence-electron chi connectivity index (χ0n) is 18.7. The Hall–Kier alpha value is -3.26. The highest BCUT2D eigenvalue weighted by Crippen LogP contribution is 2.06. The van der Waals surface area contributed by atoms with Crippen molar-refractivity contribution >= 4 is 35.6 Å². The molecule has 0 rings (SSSR count). The molecular formula is C19H33N5O9. The fourth-order valence-corrected chi connectivity index (χ4v) is 2.58. The molecule has 5 unspecified atom stereocenters. The molecule has 0 bridgehead atoms. The molecule has 0 fully saturated rings. The summed E-state index contributed by atoms with van der Waals surface area (Å²) in [5, 5.41) is 34.2. The molecule has 0 aliphatic rings. The summed E-state index contributed by atoms with van der Waals surface area (Å²) in [6.45, 7) is 4.48. The number of aliphatic hydroxyl groups is 1. The molecule has 0 aromatic rings. The molecule has 33 heavy (non-hydrogen) atoms. The second-order valence-electron chi connectivity index (χ2n) is 7.89. The molecule has 0 aromatic carbocycles. The van der Waals surface area contributed by atoms with Gasteiger partial charge in [0.15, 0.2) is 6.04 Å². The van der Waals surface area contributed by atoms with Crippen molar-refractivity contribution in [3.63, 3.8) is 0 Å². The van der Waals surface area contributed by atoms with Gasteiger partial charge in [0.25, 0.3) is 0 Å². The van der Waals surface area contributed by atoms with Crippen LogP contribution in [0.25, 0.3) is 0 Å². The molecule has 0 saturated carbocycles. The number of carboxylic acid groups (broad SMARTS) is 2. The molecule has 10 N–H and O–H groups in total. The lowest BCUT2D eigenvalue weighted by molar-refractivity contribution is -0.145. The van der Waals surface area contributed by atoms with Gasteiger partial charge in [0, 0.05) is 12.8 Å². The molecule has 0 aliphatic heterocycles. The second-order valence-corrected chi connectivity index (χ2v) is 7.89. The van der Waals surface area contributed by atoms with Gasteiger partial charge in [-0.1, -0.05) is 13.8 Å². The van der Waals surface area contributed by atoms with Gasteiger partial charge in [-0.3, -0.25) is 24.0 Å². The third-order valence-corrected chi connectivity index (χ3v) is 4.66. The van der Waals surface area contributed by atoms with Gasteiger partial charge in [0.2, 0.25) is 23.6 Å². The average molecular weight is 475 g/mol. The van der Waals surface area contributed by atoms with Gasteiger partial charge in [-0.2, -0.15) is 0 Å². The van der Waals surface area contributed by atoms with E-state index in [0.717, 1.165) is 6.92 Å². The van der Waals surface area contributed by atoms with Crippen molar-refractivity contribution in [2.75, 3.05) is 0 Å². The number of rotatable bonds is 15. The Morgan fingerprint density at radius 1 is 0.788 bits per heavy atom. The van der Waals surface area contributed by atoms with E-state index in [1.807, 2.05) is 5.32 Å². The Kier molecular flexibility index (Phi) is 12.6. The van der Waals surface area contributed by atoms with Crippen LogP contribution in [0.2, 0.25) is 0 Å². The minimum Gasteiger partial charge on any atom is -0.481 e. The smallest absolute Gasteiger partial charge is 0.328 e. The lowest BCUT2D eigenvalue weighted by Gasteiger charge is -2.26. The highest BCUT2D eigenvalue weighted by Gasteiger charge is 2.32. The minimum absolute atomic E-state index is 0.226. The van der Waals surface area contributed by atoms with Gasteiger partial charge in [0.1, 0.15) is 12.1 Å². The van der Waals surface area contributed by atoms with Gasteiger partial charge in [-0.15, -0.1) is 0 Å². The maximum atomic E-state index is 12.8. The predicted molar refractivity (Wildman–Crippen MR) is 113 cm³/mol. The largest absolute Gasteiger partial charge is 0.481 e. The van der Waals surface area contributed by atoms with E-state index in [-0.39, 0.29) is 18.8 Å². The lowest BCUT2D eigenvalue weighted by Crippen LogP contribution is -2.58. The first-order chi connectivity index (χ1) is 15.2. The monoisotopic (exact) mass is 475 g/mol. The van der Waals surface area contributed by atoms with E-state index >= 15 is 0 Å². The quantitative estimate of drug-likeness (QED) is 0.119. The summed E-state index contributed by atoms with van der Waals surface area (Å²) in [6.07, 6.45) is -2.97. The Bertz CT molecular complexity index is 741. The SMILES string of the molecule is CC(C)C(N)C(=O)NC(CCC(N)=O)C(=O)NC(CCC(=O)O)C(=O)NC(C(=O)O)C(C)O. The van der Waals surface area contributed by atoms with E-state index in [4.69, 9.17) is 21.7 Å². The van der Waals surface area contributed by atoms with E-state index in [9.17, 15) is 33.9 Å². The van der Waals surface area contributed by atoms with Crippen molar-refractivity contribution in [2.45, 2.75) is 76.7 Å². The topological polar surface area (TPSA) is 251 Å². The Labute approximate surface area is 190 Å². The summed E-state index contributed by atoms with van der Waals surface area (Å²) in [5.41, 5.74) is 10.9. The summed E-state index contributed by atoms with van der Waals surface area (Å²) in [5.74, 6) is -6.54. The van der Waals surface area contributed by atoms with Crippen LogP contribution in [0.5, 0.6) is 0 Å². The Balaban J connectivity index is 5.63. The van der Waals surface area contributed by atoms with Gasteiger partial charge < -0.3 is 42.7 Å². The van der Waals surface area contributed by atoms with Crippen LogP contribution in [-0.4, -0.2) is 81.2 Å². The van der Waals surface area contributed by atoms with Crippen LogP contribution in [0.15, 0.2) is 0 Å². The summed E-state index contributed by atoms with van der Waals surface area (Å²) >= 11 is 0. The third-order valence-electron chi connectivity index (χ3n) is 4.66. The van der Waals surface area contributed by atoms with Gasteiger partial charge in [-0.05, 0) is 25.7 Å². The molecule has 0 aromatic heterocycles. The van der Waals surface area contributed by atoms with E-state index < -0.39 is 78.7 Å². The van der Waals surface area contributed by atoms with Crippen LogP contribution in [0.4, 0.5) is 0 Å². The fourth-order valence-electron chi connectivity index (χ4n) is 2.58. The first-order valence-corrected chi connectivity index (χ1v) is 10.2. The fraction of sp³-hybridized carbons (Fsp3) is 0.684. The Morgan fingerprint density at radius 2 is 1.24 bits per heavy atom. The number of hydrogen-bond donors (Lipinski definition) is 8. The zero-order valence-corrected chi connectivity index (χ0v) is 18.7. The molecule has 0 aliphatic carbocycles. The number of hydrogen-bond acceptors (Lipinski definition) is 8. The van der Waals surface area contributed by atoms with Crippen molar-refractivity contribution in [1.29, 1.82) is 0 Å². The molecule has 14 heteroatoms. The minimum atomic E-state index is -1.71. The van der Waals surface area contributed by atoms with E-state index in [1.54, 1.807) is 13.8 Å². The molecule has 188 valence electrons. The highest BCUT2D eigenvalue weighted by atomic mass is 16.4. The second kappa shape index (κ2) is 14.0. The summed E-state index contributed by atoms with van der Waals surface area (Å²) in [7, 11) is 0. The maximum Gasteiger partial charge on any atom is 0.328 e. The summed E-state index contributed by atoms with van der Waals surface area (Å²) < 4.78 is 0. The van der Waals surface area contributed by atoms with Crippen molar-refractivity contribution in [1.82, 2.24) is 16.0 Å². The van der Waals surface area contributed by atoms with Crippen LogP contribution >= 0.6 is 0 Å². The average Bonchev–Trinajstić information content (AvgIpc) is 2.69. The van der Waals surface area contributed by atoms with Crippen molar-refractivity contribution in [2.24, 2.45) is 17.4 Å². The van der Waals surface area contributed by atoms with Crippen molar-refractivity contribution in [3.05, 3.63) is 0 Å². The van der Waals surface area contributed by atoms with Crippen LogP contribution in [0.3, 0.4) is 0 Å². The predicted octanol–water partition coefficient (Wildman–Crippen LogP) is -2.98. The van der Waals surface area contributed by atoms with E-state index in [0.29, 0.717) is 0 Å². The number of carboxylic acids is 2. The zero-order chi connectivity index (χ0) is 25.9. The number of aliphatic carboxylic acids is 2. The Morgan fingerprint density at radius 3 is 1.64 bits per heavy atom. The molecule has 0 heterocycles. The number of carbonyl (C=O) groups excluding carboxylic acids is 4. The normalized spacial score (nSPS) is 15.5. The number of nitrogens with one attached hydrogen (secondary N) is 3. The summed E-state index contributed by atoms with van der Waals surface area (Å²) in [4.78, 5) is 70.9. The van der Waals surface area contributed by atoms with Crippen LogP contribution in [-0.2, 0) is 28.8 Å².